The second kappa shape index (κ2) is 6.18. The summed E-state index contributed by atoms with van der Waals surface area (Å²) >= 11 is 0. The zero-order chi connectivity index (χ0) is 15.6. The minimum atomic E-state index is -0.553. The largest absolute Gasteiger partial charge is 0.390 e. The van der Waals surface area contributed by atoms with Crippen LogP contribution in [0.4, 0.5) is 11.6 Å². The summed E-state index contributed by atoms with van der Waals surface area (Å²) < 4.78 is 0. The molecule has 2 N–H and O–H groups in total. The predicted octanol–water partition coefficient (Wildman–Crippen LogP) is 2.69. The second-order valence-electron chi connectivity index (χ2n) is 6.62. The van der Waals surface area contributed by atoms with Crippen LogP contribution in [0.5, 0.6) is 0 Å². The summed E-state index contributed by atoms with van der Waals surface area (Å²) in [5, 5.41) is 13.4. The van der Waals surface area contributed by atoms with E-state index in [9.17, 15) is 5.11 Å². The highest BCUT2D eigenvalue weighted by molar-refractivity contribution is 5.58. The quantitative estimate of drug-likeness (QED) is 0.897. The third kappa shape index (κ3) is 3.64. The van der Waals surface area contributed by atoms with Crippen LogP contribution in [0.15, 0.2) is 0 Å². The van der Waals surface area contributed by atoms with Gasteiger partial charge in [-0.3, -0.25) is 0 Å². The number of aromatic nitrogens is 2. The number of nitrogens with one attached hydrogen (secondary N) is 1. The highest BCUT2D eigenvalue weighted by Gasteiger charge is 2.27. The number of hydrogen-bond acceptors (Lipinski definition) is 5. The van der Waals surface area contributed by atoms with Crippen molar-refractivity contribution in [3.05, 3.63) is 11.4 Å². The van der Waals surface area contributed by atoms with Crippen molar-refractivity contribution >= 4 is 11.6 Å². The van der Waals surface area contributed by atoms with Gasteiger partial charge >= 0.3 is 0 Å². The van der Waals surface area contributed by atoms with E-state index in [1.54, 1.807) is 0 Å². The van der Waals surface area contributed by atoms with E-state index >= 15 is 0 Å². The summed E-state index contributed by atoms with van der Waals surface area (Å²) in [6.07, 6.45) is 2.62. The lowest BCUT2D eigenvalue weighted by molar-refractivity contribution is 0.0481. The Bertz CT molecular complexity index is 499. The SMILES string of the molecule is CNc1nc(C(C)C)nc(N2CCCC(C)(O)CC2)c1C. The Kier molecular flexibility index (Phi) is 4.71. The molecule has 0 saturated carbocycles. The van der Waals surface area contributed by atoms with Gasteiger partial charge in [0.1, 0.15) is 17.5 Å². The third-order valence-electron chi connectivity index (χ3n) is 4.25. The maximum absolute atomic E-state index is 10.3. The summed E-state index contributed by atoms with van der Waals surface area (Å²) in [5.41, 5.74) is 0.533. The van der Waals surface area contributed by atoms with Gasteiger partial charge < -0.3 is 15.3 Å². The fraction of sp³-hybridized carbons (Fsp3) is 0.750. The average Bonchev–Trinajstić information content (AvgIpc) is 2.60. The van der Waals surface area contributed by atoms with Crippen molar-refractivity contribution in [2.24, 2.45) is 0 Å². The van der Waals surface area contributed by atoms with Gasteiger partial charge in [0.15, 0.2) is 0 Å². The van der Waals surface area contributed by atoms with Crippen LogP contribution in [0.3, 0.4) is 0 Å². The maximum atomic E-state index is 10.3. The summed E-state index contributed by atoms with van der Waals surface area (Å²) in [6.45, 7) is 10.00. The van der Waals surface area contributed by atoms with E-state index in [1.165, 1.54) is 0 Å². The van der Waals surface area contributed by atoms with Crippen LogP contribution in [0.25, 0.3) is 0 Å². The first kappa shape index (κ1) is 16.0. The van der Waals surface area contributed by atoms with Crippen LogP contribution >= 0.6 is 0 Å². The van der Waals surface area contributed by atoms with E-state index in [2.05, 4.69) is 36.0 Å². The monoisotopic (exact) mass is 292 g/mol. The normalized spacial score (nSPS) is 23.3. The Morgan fingerprint density at radius 1 is 1.24 bits per heavy atom. The molecule has 1 fully saturated rings. The molecule has 1 unspecified atom stereocenters. The van der Waals surface area contributed by atoms with Gasteiger partial charge in [-0.15, -0.1) is 0 Å². The first-order valence-electron chi connectivity index (χ1n) is 7.87. The number of rotatable bonds is 3. The Labute approximate surface area is 127 Å². The molecule has 0 radical (unpaired) electrons. The van der Waals surface area contributed by atoms with Crippen molar-refractivity contribution in [1.29, 1.82) is 0 Å². The van der Waals surface area contributed by atoms with Crippen LogP contribution in [0.1, 0.15) is 57.3 Å². The number of aliphatic hydroxyl groups is 1. The van der Waals surface area contributed by atoms with Gasteiger partial charge in [0.25, 0.3) is 0 Å². The Hall–Kier alpha value is -1.36. The topological polar surface area (TPSA) is 61.3 Å². The van der Waals surface area contributed by atoms with Crippen LogP contribution < -0.4 is 10.2 Å². The van der Waals surface area contributed by atoms with Crippen LogP contribution in [-0.2, 0) is 0 Å². The molecule has 0 aliphatic carbocycles. The molecule has 1 atom stereocenters. The molecule has 2 heterocycles. The molecular formula is C16H28N4O. The minimum Gasteiger partial charge on any atom is -0.390 e. The van der Waals surface area contributed by atoms with Gasteiger partial charge in [0.2, 0.25) is 0 Å². The highest BCUT2D eigenvalue weighted by Crippen LogP contribution is 2.29. The fourth-order valence-electron chi connectivity index (χ4n) is 2.81. The standard InChI is InChI=1S/C16H28N4O/c1-11(2)13-18-14(17-5)12(3)15(19-13)20-9-6-7-16(4,21)8-10-20/h11,21H,6-10H2,1-5H3,(H,17,18,19). The fourth-order valence-corrected chi connectivity index (χ4v) is 2.81. The average molecular weight is 292 g/mol. The number of anilines is 2. The van der Waals surface area contributed by atoms with Crippen molar-refractivity contribution in [3.8, 4) is 0 Å². The van der Waals surface area contributed by atoms with Gasteiger partial charge in [-0.05, 0) is 33.1 Å². The zero-order valence-electron chi connectivity index (χ0n) is 13.9. The molecule has 1 aliphatic heterocycles. The molecule has 0 bridgehead atoms. The van der Waals surface area contributed by atoms with Crippen molar-refractivity contribution in [2.45, 2.75) is 58.5 Å². The molecule has 5 nitrogen and oxygen atoms in total. The van der Waals surface area contributed by atoms with E-state index in [0.29, 0.717) is 5.92 Å². The molecule has 1 aliphatic rings. The molecular weight excluding hydrogens is 264 g/mol. The summed E-state index contributed by atoms with van der Waals surface area (Å²) in [4.78, 5) is 11.7. The minimum absolute atomic E-state index is 0.298. The van der Waals surface area contributed by atoms with Crippen molar-refractivity contribution in [1.82, 2.24) is 9.97 Å². The van der Waals surface area contributed by atoms with Gasteiger partial charge in [-0.2, -0.15) is 0 Å². The molecule has 21 heavy (non-hydrogen) atoms. The molecule has 1 saturated heterocycles. The lowest BCUT2D eigenvalue weighted by Gasteiger charge is -2.26. The van der Waals surface area contributed by atoms with Gasteiger partial charge in [-0.1, -0.05) is 13.8 Å². The van der Waals surface area contributed by atoms with Gasteiger partial charge in [0, 0.05) is 31.6 Å². The van der Waals surface area contributed by atoms with E-state index < -0.39 is 5.60 Å². The first-order valence-corrected chi connectivity index (χ1v) is 7.87. The smallest absolute Gasteiger partial charge is 0.137 e. The highest BCUT2D eigenvalue weighted by atomic mass is 16.3. The van der Waals surface area contributed by atoms with Crippen molar-refractivity contribution < 1.29 is 5.11 Å². The van der Waals surface area contributed by atoms with Crippen LogP contribution in [-0.4, -0.2) is 40.8 Å². The van der Waals surface area contributed by atoms with Gasteiger partial charge in [-0.25, -0.2) is 9.97 Å². The lowest BCUT2D eigenvalue weighted by atomic mass is 9.98. The zero-order valence-corrected chi connectivity index (χ0v) is 13.9. The summed E-state index contributed by atoms with van der Waals surface area (Å²) in [6, 6.07) is 0. The summed E-state index contributed by atoms with van der Waals surface area (Å²) in [7, 11) is 1.90. The van der Waals surface area contributed by atoms with Crippen LogP contribution in [0, 0.1) is 6.92 Å². The van der Waals surface area contributed by atoms with E-state index in [1.807, 2.05) is 14.0 Å². The Morgan fingerprint density at radius 2 is 1.95 bits per heavy atom. The number of nitrogens with zero attached hydrogens (tertiary/aromatic N) is 3. The molecule has 0 aromatic carbocycles. The molecule has 2 rings (SSSR count). The molecule has 1 aromatic heterocycles. The molecule has 118 valence electrons. The molecule has 0 spiro atoms. The molecule has 0 amide bonds. The molecule has 5 heteroatoms. The van der Waals surface area contributed by atoms with Gasteiger partial charge in [0.05, 0.1) is 5.60 Å². The maximum Gasteiger partial charge on any atom is 0.137 e. The number of hydrogen-bond donors (Lipinski definition) is 2. The van der Waals surface area contributed by atoms with E-state index in [4.69, 9.17) is 4.98 Å². The van der Waals surface area contributed by atoms with E-state index in [0.717, 1.165) is 55.4 Å². The van der Waals surface area contributed by atoms with Crippen LogP contribution in [0.2, 0.25) is 0 Å². The molecule has 1 aromatic rings. The van der Waals surface area contributed by atoms with Crippen molar-refractivity contribution in [3.63, 3.8) is 0 Å². The first-order chi connectivity index (χ1) is 9.84. The second-order valence-corrected chi connectivity index (χ2v) is 6.62. The van der Waals surface area contributed by atoms with Crippen molar-refractivity contribution in [2.75, 3.05) is 30.4 Å². The Morgan fingerprint density at radius 3 is 2.57 bits per heavy atom. The summed E-state index contributed by atoms with van der Waals surface area (Å²) in [5.74, 6) is 3.08. The predicted molar refractivity (Wildman–Crippen MR) is 87.1 cm³/mol. The third-order valence-corrected chi connectivity index (χ3v) is 4.25. The van der Waals surface area contributed by atoms with E-state index in [-0.39, 0.29) is 0 Å². The Balaban J connectivity index is 2.35. The lowest BCUT2D eigenvalue weighted by Crippen LogP contribution is -2.30.